The third-order valence-electron chi connectivity index (χ3n) is 4.92. The van der Waals surface area contributed by atoms with Crippen molar-refractivity contribution in [3.63, 3.8) is 0 Å². The van der Waals surface area contributed by atoms with Gasteiger partial charge in [0.2, 0.25) is 0 Å². The highest BCUT2D eigenvalue weighted by Crippen LogP contribution is 2.42. The van der Waals surface area contributed by atoms with Crippen LogP contribution in [0, 0.1) is 17.8 Å². The van der Waals surface area contributed by atoms with E-state index in [0.717, 1.165) is 18.6 Å². The zero-order valence-corrected chi connectivity index (χ0v) is 16.0. The van der Waals surface area contributed by atoms with Crippen molar-refractivity contribution >= 4 is 17.8 Å². The highest BCUT2D eigenvalue weighted by atomic mass is 16.6. The molecule has 1 saturated carbocycles. The van der Waals surface area contributed by atoms with E-state index < -0.39 is 17.6 Å². The minimum atomic E-state index is -0.581. The second-order valence-corrected chi connectivity index (χ2v) is 7.74. The van der Waals surface area contributed by atoms with E-state index in [1.54, 1.807) is 0 Å². The number of rotatable bonds is 5. The fourth-order valence-corrected chi connectivity index (χ4v) is 3.77. The third-order valence-corrected chi connectivity index (χ3v) is 4.92. The van der Waals surface area contributed by atoms with E-state index in [1.165, 1.54) is 7.11 Å². The van der Waals surface area contributed by atoms with Gasteiger partial charge in [0.25, 0.3) is 0 Å². The molecule has 7 nitrogen and oxygen atoms in total. The Labute approximate surface area is 149 Å². The Morgan fingerprint density at radius 2 is 1.96 bits per heavy atom. The van der Waals surface area contributed by atoms with Gasteiger partial charge in [0.15, 0.2) is 6.10 Å². The van der Waals surface area contributed by atoms with Gasteiger partial charge in [0.1, 0.15) is 5.60 Å². The van der Waals surface area contributed by atoms with Gasteiger partial charge in [-0.15, -0.1) is 0 Å². The second kappa shape index (κ2) is 7.62. The van der Waals surface area contributed by atoms with Crippen molar-refractivity contribution in [2.24, 2.45) is 22.9 Å². The fraction of sp³-hybridized carbons (Fsp3) is 0.833. The molecule has 0 aromatic rings. The summed E-state index contributed by atoms with van der Waals surface area (Å²) in [4.78, 5) is 30.0. The number of methoxy groups -OCH3 is 1. The molecule has 0 aromatic carbocycles. The molecule has 1 aliphatic carbocycles. The summed E-state index contributed by atoms with van der Waals surface area (Å²) in [6, 6.07) is -0.259. The summed E-state index contributed by atoms with van der Waals surface area (Å²) in [6.45, 7) is 9.66. The number of hydrogen-bond donors (Lipinski definition) is 1. The van der Waals surface area contributed by atoms with E-state index in [9.17, 15) is 9.59 Å². The molecule has 0 spiro atoms. The first-order chi connectivity index (χ1) is 11.7. The molecule has 0 unspecified atom stereocenters. The number of carbonyl (C=O) groups excluding carboxylic acids is 2. The molecule has 1 fully saturated rings. The summed E-state index contributed by atoms with van der Waals surface area (Å²) in [7, 11) is 1.36. The van der Waals surface area contributed by atoms with Crippen LogP contribution in [-0.2, 0) is 19.1 Å². The summed E-state index contributed by atoms with van der Waals surface area (Å²) in [5.74, 6) is -0.620. The molecule has 7 heteroatoms. The van der Waals surface area contributed by atoms with Gasteiger partial charge in [-0.25, -0.2) is 4.79 Å². The van der Waals surface area contributed by atoms with Crippen LogP contribution in [0.5, 0.6) is 0 Å². The summed E-state index contributed by atoms with van der Waals surface area (Å²) < 4.78 is 10.3. The number of hydrogen-bond acceptors (Lipinski definition) is 6. The van der Waals surface area contributed by atoms with Gasteiger partial charge in [0.05, 0.1) is 24.7 Å². The average Bonchev–Trinajstić information content (AvgIpc) is 3.08. The smallest absolute Gasteiger partial charge is 0.407 e. The summed E-state index contributed by atoms with van der Waals surface area (Å²) >= 11 is 0. The molecule has 142 valence electrons. The maximum atomic E-state index is 12.2. The molecular formula is C18H30N2O5. The average molecular weight is 354 g/mol. The van der Waals surface area contributed by atoms with Gasteiger partial charge < -0.3 is 19.6 Å². The van der Waals surface area contributed by atoms with Gasteiger partial charge in [-0.1, -0.05) is 19.0 Å². The number of oxime groups is 1. The van der Waals surface area contributed by atoms with Crippen LogP contribution < -0.4 is 5.32 Å². The zero-order valence-electron chi connectivity index (χ0n) is 16.0. The molecule has 1 amide bonds. The Bertz CT molecular complexity index is 536. The van der Waals surface area contributed by atoms with Crippen LogP contribution in [0.2, 0.25) is 0 Å². The lowest BCUT2D eigenvalue weighted by Gasteiger charge is -2.25. The molecule has 0 radical (unpaired) electrons. The lowest BCUT2D eigenvalue weighted by molar-refractivity contribution is -0.149. The topological polar surface area (TPSA) is 86.2 Å². The molecule has 2 aliphatic rings. The molecule has 2 rings (SSSR count). The molecular weight excluding hydrogens is 324 g/mol. The van der Waals surface area contributed by atoms with E-state index in [4.69, 9.17) is 14.3 Å². The maximum Gasteiger partial charge on any atom is 0.407 e. The number of amides is 1. The highest BCUT2D eigenvalue weighted by molar-refractivity contribution is 5.93. The van der Waals surface area contributed by atoms with Crippen LogP contribution in [0.1, 0.15) is 53.9 Å². The van der Waals surface area contributed by atoms with Crippen molar-refractivity contribution < 1.29 is 23.9 Å². The van der Waals surface area contributed by atoms with Gasteiger partial charge in [-0.05, 0) is 40.0 Å². The van der Waals surface area contributed by atoms with Gasteiger partial charge in [-0.3, -0.25) is 4.79 Å². The van der Waals surface area contributed by atoms with Crippen molar-refractivity contribution in [1.29, 1.82) is 0 Å². The van der Waals surface area contributed by atoms with E-state index in [1.807, 2.05) is 20.8 Å². The van der Waals surface area contributed by atoms with E-state index in [0.29, 0.717) is 6.42 Å². The first-order valence-electron chi connectivity index (χ1n) is 9.02. The van der Waals surface area contributed by atoms with Crippen LogP contribution in [0.4, 0.5) is 4.79 Å². The van der Waals surface area contributed by atoms with Crippen molar-refractivity contribution in [2.45, 2.75) is 71.6 Å². The Kier molecular flexibility index (Phi) is 5.95. The molecule has 0 aromatic heterocycles. The van der Waals surface area contributed by atoms with Crippen LogP contribution in [0.25, 0.3) is 0 Å². The van der Waals surface area contributed by atoms with E-state index in [2.05, 4.69) is 24.3 Å². The fourth-order valence-electron chi connectivity index (χ4n) is 3.77. The van der Waals surface area contributed by atoms with Crippen LogP contribution in [-0.4, -0.2) is 42.6 Å². The van der Waals surface area contributed by atoms with Crippen LogP contribution in [0.15, 0.2) is 5.16 Å². The summed E-state index contributed by atoms with van der Waals surface area (Å²) in [6.07, 6.45) is 1.45. The maximum absolute atomic E-state index is 12.2. The van der Waals surface area contributed by atoms with Gasteiger partial charge in [0, 0.05) is 12.0 Å². The number of carbonyl (C=O) groups is 2. The van der Waals surface area contributed by atoms with E-state index >= 15 is 0 Å². The minimum Gasteiger partial charge on any atom is -0.469 e. The predicted molar refractivity (Wildman–Crippen MR) is 93.2 cm³/mol. The molecule has 0 bridgehead atoms. The number of fused-ring (bicyclic) bond motifs is 1. The molecule has 4 atom stereocenters. The lowest BCUT2D eigenvalue weighted by Crippen LogP contribution is -2.45. The molecule has 1 N–H and O–H groups in total. The SMILES string of the molecule is CCC(CC)C1=NO[C@@H]2[C@H]1[C@@H](NC(=O)OC(C)(C)C)C[C@H]2C(=O)OC. The Morgan fingerprint density at radius 3 is 2.48 bits per heavy atom. The van der Waals surface area contributed by atoms with Crippen LogP contribution >= 0.6 is 0 Å². The summed E-state index contributed by atoms with van der Waals surface area (Å²) in [5, 5.41) is 7.20. The monoisotopic (exact) mass is 354 g/mol. The number of ether oxygens (including phenoxy) is 2. The number of esters is 1. The lowest BCUT2D eigenvalue weighted by atomic mass is 9.84. The minimum absolute atomic E-state index is 0.124. The molecule has 0 saturated heterocycles. The molecule has 1 heterocycles. The Morgan fingerprint density at radius 1 is 1.32 bits per heavy atom. The third kappa shape index (κ3) is 4.25. The quantitative estimate of drug-likeness (QED) is 0.767. The van der Waals surface area contributed by atoms with Crippen molar-refractivity contribution in [3.05, 3.63) is 0 Å². The van der Waals surface area contributed by atoms with E-state index in [-0.39, 0.29) is 30.0 Å². The van der Waals surface area contributed by atoms with Crippen molar-refractivity contribution in [2.75, 3.05) is 7.11 Å². The molecule has 25 heavy (non-hydrogen) atoms. The Balaban J connectivity index is 2.20. The first-order valence-corrected chi connectivity index (χ1v) is 9.02. The number of alkyl carbamates (subject to hydrolysis) is 1. The predicted octanol–water partition coefficient (Wildman–Crippen LogP) is 2.88. The van der Waals surface area contributed by atoms with Gasteiger partial charge in [-0.2, -0.15) is 0 Å². The highest BCUT2D eigenvalue weighted by Gasteiger charge is 2.55. The zero-order chi connectivity index (χ0) is 18.8. The Hall–Kier alpha value is -1.79. The normalized spacial score (nSPS) is 28.2. The van der Waals surface area contributed by atoms with Gasteiger partial charge >= 0.3 is 12.1 Å². The standard InChI is InChI=1S/C18H30N2O5/c1-7-10(8-2)14-13-12(19-17(22)24-18(3,4)5)9-11(16(21)23-6)15(13)25-20-14/h10-13,15H,7-9H2,1-6H3,(H,19,22)/t11-,12+,13+,15+/m1/s1. The largest absolute Gasteiger partial charge is 0.469 e. The summed E-state index contributed by atoms with van der Waals surface area (Å²) in [5.41, 5.74) is 0.352. The number of nitrogens with zero attached hydrogens (tertiary/aromatic N) is 1. The number of nitrogens with one attached hydrogen (secondary N) is 1. The molecule has 1 aliphatic heterocycles. The van der Waals surface area contributed by atoms with Crippen molar-refractivity contribution in [1.82, 2.24) is 5.32 Å². The first kappa shape index (κ1) is 19.5. The van der Waals surface area contributed by atoms with Crippen LogP contribution in [0.3, 0.4) is 0 Å². The second-order valence-electron chi connectivity index (χ2n) is 7.74. The van der Waals surface area contributed by atoms with Crippen molar-refractivity contribution in [3.8, 4) is 0 Å².